The monoisotopic (exact) mass is 502 g/mol. The fourth-order valence-electron chi connectivity index (χ4n) is 3.42. The molecule has 35 heavy (non-hydrogen) atoms. The molecule has 0 fully saturated rings. The molecule has 0 saturated carbocycles. The van der Waals surface area contributed by atoms with Crippen molar-refractivity contribution in [3.8, 4) is 17.2 Å². The second kappa shape index (κ2) is 11.1. The second-order valence-corrected chi connectivity index (χ2v) is 9.43. The summed E-state index contributed by atoms with van der Waals surface area (Å²) in [6.07, 6.45) is 0. The number of anilines is 1. The molecule has 3 rings (SSSR count). The van der Waals surface area contributed by atoms with Crippen molar-refractivity contribution in [1.82, 2.24) is 5.32 Å². The second-order valence-electron chi connectivity index (χ2n) is 7.57. The van der Waals surface area contributed by atoms with Crippen molar-refractivity contribution < 1.29 is 31.8 Å². The summed E-state index contributed by atoms with van der Waals surface area (Å²) < 4.78 is 57.2. The van der Waals surface area contributed by atoms with Crippen LogP contribution in [-0.4, -0.2) is 42.2 Å². The van der Waals surface area contributed by atoms with E-state index in [2.05, 4.69) is 5.32 Å². The van der Waals surface area contributed by atoms with E-state index in [0.29, 0.717) is 11.5 Å². The number of benzene rings is 3. The van der Waals surface area contributed by atoms with Gasteiger partial charge in [0.2, 0.25) is 5.91 Å². The van der Waals surface area contributed by atoms with Gasteiger partial charge in [-0.1, -0.05) is 12.1 Å². The number of halogens is 1. The third-order valence-corrected chi connectivity index (χ3v) is 7.11. The van der Waals surface area contributed by atoms with Crippen LogP contribution >= 0.6 is 0 Å². The van der Waals surface area contributed by atoms with E-state index in [0.717, 1.165) is 22.0 Å². The van der Waals surface area contributed by atoms with E-state index in [9.17, 15) is 17.6 Å². The average Bonchev–Trinajstić information content (AvgIpc) is 2.87. The maximum Gasteiger partial charge on any atom is 0.264 e. The number of rotatable bonds is 10. The van der Waals surface area contributed by atoms with Crippen molar-refractivity contribution in [3.63, 3.8) is 0 Å². The van der Waals surface area contributed by atoms with Crippen molar-refractivity contribution >= 4 is 21.6 Å². The molecular formula is C25H27FN2O6S. The highest BCUT2D eigenvalue weighted by Gasteiger charge is 2.29. The molecule has 1 N–H and O–H groups in total. The third-order valence-electron chi connectivity index (χ3n) is 5.34. The van der Waals surface area contributed by atoms with Crippen LogP contribution in [0.15, 0.2) is 71.6 Å². The van der Waals surface area contributed by atoms with Gasteiger partial charge in [0, 0.05) is 6.07 Å². The van der Waals surface area contributed by atoms with Gasteiger partial charge >= 0.3 is 0 Å². The molecule has 0 aliphatic rings. The topological polar surface area (TPSA) is 94.2 Å². The minimum Gasteiger partial charge on any atom is -0.497 e. The SMILES string of the molecule is COc1ccc(C(C)NC(=O)CN(c2ccc(F)cc2)S(=O)(=O)c2ccc(OC)c(OC)c2)cc1. The number of ether oxygens (including phenoxy) is 3. The van der Waals surface area contributed by atoms with Crippen LogP contribution in [0.3, 0.4) is 0 Å². The van der Waals surface area contributed by atoms with E-state index in [1.54, 1.807) is 26.2 Å². The molecule has 8 nitrogen and oxygen atoms in total. The normalized spacial score (nSPS) is 11.9. The lowest BCUT2D eigenvalue weighted by molar-refractivity contribution is -0.120. The highest BCUT2D eigenvalue weighted by Crippen LogP contribution is 2.32. The zero-order valence-electron chi connectivity index (χ0n) is 19.8. The molecule has 3 aromatic rings. The first-order valence-electron chi connectivity index (χ1n) is 10.6. The van der Waals surface area contributed by atoms with Gasteiger partial charge in [0.1, 0.15) is 18.1 Å². The Labute approximate surface area is 204 Å². The number of hydrogen-bond acceptors (Lipinski definition) is 6. The lowest BCUT2D eigenvalue weighted by atomic mass is 10.1. The van der Waals surface area contributed by atoms with Gasteiger partial charge in [0.15, 0.2) is 11.5 Å². The number of hydrogen-bond donors (Lipinski definition) is 1. The smallest absolute Gasteiger partial charge is 0.264 e. The number of nitrogens with zero attached hydrogens (tertiary/aromatic N) is 1. The summed E-state index contributed by atoms with van der Waals surface area (Å²) in [6.45, 7) is 1.26. The van der Waals surface area contributed by atoms with E-state index < -0.39 is 34.3 Å². The average molecular weight is 503 g/mol. The zero-order chi connectivity index (χ0) is 25.6. The molecule has 1 amide bonds. The van der Waals surface area contributed by atoms with E-state index in [4.69, 9.17) is 14.2 Å². The molecule has 0 heterocycles. The Morgan fingerprint density at radius 3 is 2.11 bits per heavy atom. The predicted molar refractivity (Wildman–Crippen MR) is 130 cm³/mol. The first kappa shape index (κ1) is 25.8. The minimum atomic E-state index is -4.23. The van der Waals surface area contributed by atoms with Crippen molar-refractivity contribution in [2.45, 2.75) is 17.9 Å². The van der Waals surface area contributed by atoms with Crippen LogP contribution in [-0.2, 0) is 14.8 Å². The first-order chi connectivity index (χ1) is 16.7. The highest BCUT2D eigenvalue weighted by atomic mass is 32.2. The Morgan fingerprint density at radius 1 is 0.914 bits per heavy atom. The molecule has 0 aromatic heterocycles. The largest absolute Gasteiger partial charge is 0.497 e. The number of amides is 1. The molecule has 0 radical (unpaired) electrons. The molecular weight excluding hydrogens is 475 g/mol. The Bertz CT molecular complexity index is 1260. The van der Waals surface area contributed by atoms with Crippen LogP contribution in [0.1, 0.15) is 18.5 Å². The van der Waals surface area contributed by atoms with Crippen LogP contribution in [0.25, 0.3) is 0 Å². The molecule has 0 spiro atoms. The summed E-state index contributed by atoms with van der Waals surface area (Å²) in [5, 5.41) is 2.80. The van der Waals surface area contributed by atoms with Gasteiger partial charge in [-0.15, -0.1) is 0 Å². The first-order valence-corrected chi connectivity index (χ1v) is 12.1. The van der Waals surface area contributed by atoms with Crippen molar-refractivity contribution in [3.05, 3.63) is 78.1 Å². The fourth-order valence-corrected chi connectivity index (χ4v) is 4.86. The van der Waals surface area contributed by atoms with Gasteiger partial charge in [0.25, 0.3) is 10.0 Å². The van der Waals surface area contributed by atoms with Gasteiger partial charge in [-0.2, -0.15) is 0 Å². The lowest BCUT2D eigenvalue weighted by Crippen LogP contribution is -2.41. The van der Waals surface area contributed by atoms with Gasteiger partial charge in [0.05, 0.1) is 38.0 Å². The number of methoxy groups -OCH3 is 3. The number of sulfonamides is 1. The summed E-state index contributed by atoms with van der Waals surface area (Å²) in [4.78, 5) is 12.8. The molecule has 10 heteroatoms. The molecule has 3 aromatic carbocycles. The van der Waals surface area contributed by atoms with Crippen molar-refractivity contribution in [1.29, 1.82) is 0 Å². The highest BCUT2D eigenvalue weighted by molar-refractivity contribution is 7.92. The number of carbonyl (C=O) groups is 1. The fraction of sp³-hybridized carbons (Fsp3) is 0.240. The third kappa shape index (κ3) is 6.02. The molecule has 1 unspecified atom stereocenters. The Morgan fingerprint density at radius 2 is 1.54 bits per heavy atom. The van der Waals surface area contributed by atoms with Crippen LogP contribution in [0.2, 0.25) is 0 Å². The van der Waals surface area contributed by atoms with Crippen molar-refractivity contribution in [2.75, 3.05) is 32.2 Å². The van der Waals surface area contributed by atoms with Crippen LogP contribution in [0, 0.1) is 5.82 Å². The number of nitrogens with one attached hydrogen (secondary N) is 1. The molecule has 1 atom stereocenters. The predicted octanol–water partition coefficient (Wildman–Crippen LogP) is 3.92. The Kier molecular flexibility index (Phi) is 8.18. The van der Waals surface area contributed by atoms with Crippen LogP contribution in [0.5, 0.6) is 17.2 Å². The maximum absolute atomic E-state index is 13.6. The Balaban J connectivity index is 1.91. The van der Waals surface area contributed by atoms with Crippen molar-refractivity contribution in [2.24, 2.45) is 0 Å². The minimum absolute atomic E-state index is 0.115. The standard InChI is InChI=1S/C25H27FN2O6S/c1-17(18-5-11-21(32-2)12-6-18)27-25(29)16-28(20-9-7-19(26)8-10-20)35(30,31)22-13-14-23(33-3)24(15-22)34-4/h5-15,17H,16H2,1-4H3,(H,27,29). The molecule has 0 aliphatic carbocycles. The molecule has 186 valence electrons. The van der Waals surface area contributed by atoms with E-state index in [1.807, 2.05) is 12.1 Å². The van der Waals surface area contributed by atoms with Gasteiger partial charge in [-0.05, 0) is 61.0 Å². The van der Waals surface area contributed by atoms with E-state index in [-0.39, 0.29) is 16.3 Å². The summed E-state index contributed by atoms with van der Waals surface area (Å²) >= 11 is 0. The summed E-state index contributed by atoms with van der Waals surface area (Å²) in [6, 6.07) is 15.7. The molecule has 0 saturated heterocycles. The number of carbonyl (C=O) groups excluding carboxylic acids is 1. The summed E-state index contributed by atoms with van der Waals surface area (Å²) in [7, 11) is 0.152. The van der Waals surface area contributed by atoms with E-state index >= 15 is 0 Å². The van der Waals surface area contributed by atoms with Crippen LogP contribution < -0.4 is 23.8 Å². The van der Waals surface area contributed by atoms with Gasteiger partial charge in [-0.3, -0.25) is 9.10 Å². The zero-order valence-corrected chi connectivity index (χ0v) is 20.6. The molecule has 0 aliphatic heterocycles. The van der Waals surface area contributed by atoms with E-state index in [1.165, 1.54) is 44.6 Å². The summed E-state index contributed by atoms with van der Waals surface area (Å²) in [5.74, 6) is 0.170. The maximum atomic E-state index is 13.6. The summed E-state index contributed by atoms with van der Waals surface area (Å²) in [5.41, 5.74) is 0.948. The lowest BCUT2D eigenvalue weighted by Gasteiger charge is -2.25. The van der Waals surface area contributed by atoms with Crippen LogP contribution in [0.4, 0.5) is 10.1 Å². The molecule has 0 bridgehead atoms. The Hall–Kier alpha value is -3.79. The quantitative estimate of drug-likeness (QED) is 0.452. The van der Waals surface area contributed by atoms with Gasteiger partial charge in [-0.25, -0.2) is 12.8 Å². The van der Waals surface area contributed by atoms with Gasteiger partial charge < -0.3 is 19.5 Å².